The van der Waals surface area contributed by atoms with Gasteiger partial charge >= 0.3 is 0 Å². The molecule has 19 heavy (non-hydrogen) atoms. The van der Waals surface area contributed by atoms with Gasteiger partial charge in [-0.2, -0.15) is 5.26 Å². The lowest BCUT2D eigenvalue weighted by Crippen LogP contribution is -2.38. The molecule has 6 nitrogen and oxygen atoms in total. The molecule has 0 bridgehead atoms. The fourth-order valence-corrected chi connectivity index (χ4v) is 2.89. The molecule has 0 spiro atoms. The molecular weight excluding hydrogens is 264 g/mol. The lowest BCUT2D eigenvalue weighted by molar-refractivity contribution is 0.393. The Balaban J connectivity index is 2.12. The van der Waals surface area contributed by atoms with Crippen molar-refractivity contribution in [3.05, 3.63) is 23.9 Å². The SMILES string of the molecule is CN(C1CCN(c2cc(C#N)ccn2)C1)S(C)(=O)=O. The van der Waals surface area contributed by atoms with E-state index in [2.05, 4.69) is 11.1 Å². The van der Waals surface area contributed by atoms with Crippen LogP contribution in [-0.4, -0.2) is 50.1 Å². The smallest absolute Gasteiger partial charge is 0.211 e. The summed E-state index contributed by atoms with van der Waals surface area (Å²) in [7, 11) is -1.57. The van der Waals surface area contributed by atoms with E-state index in [4.69, 9.17) is 5.26 Å². The third-order valence-electron chi connectivity index (χ3n) is 3.40. The van der Waals surface area contributed by atoms with Gasteiger partial charge in [0, 0.05) is 32.4 Å². The molecule has 2 rings (SSSR count). The minimum atomic E-state index is -3.17. The number of pyridine rings is 1. The molecule has 1 aliphatic heterocycles. The molecule has 1 aliphatic rings. The van der Waals surface area contributed by atoms with Gasteiger partial charge in [0.15, 0.2) is 0 Å². The molecule has 102 valence electrons. The molecule has 1 aromatic heterocycles. The zero-order chi connectivity index (χ0) is 14.0. The standard InChI is InChI=1S/C12H16N4O2S/c1-15(19(2,17)18)11-4-6-16(9-11)12-7-10(8-13)3-5-14-12/h3,5,7,11H,4,6,9H2,1-2H3. The Morgan fingerprint density at radius 1 is 1.58 bits per heavy atom. The summed E-state index contributed by atoms with van der Waals surface area (Å²) in [5.41, 5.74) is 0.560. The van der Waals surface area contributed by atoms with Crippen molar-refractivity contribution in [3.63, 3.8) is 0 Å². The van der Waals surface area contributed by atoms with Gasteiger partial charge in [0.1, 0.15) is 5.82 Å². The van der Waals surface area contributed by atoms with Crippen LogP contribution in [0.2, 0.25) is 0 Å². The highest BCUT2D eigenvalue weighted by atomic mass is 32.2. The van der Waals surface area contributed by atoms with Gasteiger partial charge < -0.3 is 4.90 Å². The van der Waals surface area contributed by atoms with Crippen LogP contribution in [0.4, 0.5) is 5.82 Å². The molecule has 1 fully saturated rings. The van der Waals surface area contributed by atoms with Crippen molar-refractivity contribution in [2.45, 2.75) is 12.5 Å². The van der Waals surface area contributed by atoms with Crippen LogP contribution >= 0.6 is 0 Å². The minimum absolute atomic E-state index is 0.0393. The molecule has 2 heterocycles. The van der Waals surface area contributed by atoms with Crippen molar-refractivity contribution < 1.29 is 8.42 Å². The van der Waals surface area contributed by atoms with Gasteiger partial charge in [0.25, 0.3) is 0 Å². The predicted molar refractivity (Wildman–Crippen MR) is 72.2 cm³/mol. The van der Waals surface area contributed by atoms with Gasteiger partial charge in [-0.25, -0.2) is 17.7 Å². The Kier molecular flexibility index (Phi) is 3.73. The summed E-state index contributed by atoms with van der Waals surface area (Å²) in [6, 6.07) is 5.41. The number of aromatic nitrogens is 1. The number of rotatable bonds is 3. The van der Waals surface area contributed by atoms with Crippen molar-refractivity contribution in [1.29, 1.82) is 5.26 Å². The van der Waals surface area contributed by atoms with E-state index >= 15 is 0 Å². The Morgan fingerprint density at radius 2 is 2.32 bits per heavy atom. The molecule has 1 saturated heterocycles. The fourth-order valence-electron chi connectivity index (χ4n) is 2.18. The number of hydrogen-bond acceptors (Lipinski definition) is 5. The minimum Gasteiger partial charge on any atom is -0.355 e. The molecule has 0 amide bonds. The number of hydrogen-bond donors (Lipinski definition) is 0. The zero-order valence-electron chi connectivity index (χ0n) is 10.9. The average molecular weight is 280 g/mol. The summed E-state index contributed by atoms with van der Waals surface area (Å²) in [6.07, 6.45) is 3.58. The number of nitriles is 1. The lowest BCUT2D eigenvalue weighted by Gasteiger charge is -2.22. The first-order valence-corrected chi connectivity index (χ1v) is 7.81. The summed E-state index contributed by atoms with van der Waals surface area (Å²) in [5.74, 6) is 0.725. The Morgan fingerprint density at radius 3 is 2.95 bits per heavy atom. The van der Waals surface area contributed by atoms with Crippen LogP contribution in [0.3, 0.4) is 0 Å². The molecular formula is C12H16N4O2S. The molecule has 1 unspecified atom stereocenters. The fraction of sp³-hybridized carbons (Fsp3) is 0.500. The van der Waals surface area contributed by atoms with Crippen LogP contribution < -0.4 is 4.90 Å². The molecule has 0 radical (unpaired) electrons. The lowest BCUT2D eigenvalue weighted by atomic mass is 10.3. The highest BCUT2D eigenvalue weighted by molar-refractivity contribution is 7.88. The highest BCUT2D eigenvalue weighted by Gasteiger charge is 2.30. The van der Waals surface area contributed by atoms with Gasteiger partial charge in [-0.1, -0.05) is 0 Å². The highest BCUT2D eigenvalue weighted by Crippen LogP contribution is 2.22. The zero-order valence-corrected chi connectivity index (χ0v) is 11.8. The van der Waals surface area contributed by atoms with Crippen LogP contribution in [0, 0.1) is 11.3 Å². The Hall–Kier alpha value is -1.65. The van der Waals surface area contributed by atoms with Gasteiger partial charge in [0.05, 0.1) is 17.9 Å². The second-order valence-corrected chi connectivity index (χ2v) is 6.72. The van der Waals surface area contributed by atoms with Gasteiger partial charge in [-0.3, -0.25) is 0 Å². The van der Waals surface area contributed by atoms with Crippen molar-refractivity contribution >= 4 is 15.8 Å². The van der Waals surface area contributed by atoms with Gasteiger partial charge in [-0.15, -0.1) is 0 Å². The van der Waals surface area contributed by atoms with E-state index in [0.29, 0.717) is 12.1 Å². The molecule has 0 aliphatic carbocycles. The molecule has 7 heteroatoms. The van der Waals surface area contributed by atoms with Crippen molar-refractivity contribution in [2.24, 2.45) is 0 Å². The van der Waals surface area contributed by atoms with Crippen LogP contribution in [0.15, 0.2) is 18.3 Å². The van der Waals surface area contributed by atoms with Crippen LogP contribution in [0.5, 0.6) is 0 Å². The summed E-state index contributed by atoms with van der Waals surface area (Å²) in [6.45, 7) is 1.35. The molecule has 1 atom stereocenters. The maximum atomic E-state index is 11.5. The van der Waals surface area contributed by atoms with E-state index < -0.39 is 10.0 Å². The van der Waals surface area contributed by atoms with E-state index in [1.807, 2.05) is 4.90 Å². The quantitative estimate of drug-likeness (QED) is 0.802. The van der Waals surface area contributed by atoms with E-state index in [0.717, 1.165) is 18.8 Å². The van der Waals surface area contributed by atoms with Crippen LogP contribution in [0.25, 0.3) is 0 Å². The number of nitrogens with zero attached hydrogens (tertiary/aromatic N) is 4. The maximum absolute atomic E-state index is 11.5. The predicted octanol–water partition coefficient (Wildman–Crippen LogP) is 0.423. The first-order valence-electron chi connectivity index (χ1n) is 5.96. The summed E-state index contributed by atoms with van der Waals surface area (Å²) < 4.78 is 24.4. The number of anilines is 1. The molecule has 0 aromatic carbocycles. The van der Waals surface area contributed by atoms with E-state index in [1.165, 1.54) is 10.6 Å². The average Bonchev–Trinajstić information content (AvgIpc) is 2.86. The normalized spacial score (nSPS) is 19.7. The van der Waals surface area contributed by atoms with Crippen molar-refractivity contribution in [3.8, 4) is 6.07 Å². The second kappa shape index (κ2) is 5.15. The molecule has 1 aromatic rings. The van der Waals surface area contributed by atoms with Crippen molar-refractivity contribution in [2.75, 3.05) is 31.3 Å². The second-order valence-electron chi connectivity index (χ2n) is 4.68. The summed E-state index contributed by atoms with van der Waals surface area (Å²) >= 11 is 0. The van der Waals surface area contributed by atoms with Gasteiger partial charge in [-0.05, 0) is 18.6 Å². The van der Waals surface area contributed by atoms with E-state index in [1.54, 1.807) is 25.4 Å². The molecule has 0 N–H and O–H groups in total. The van der Waals surface area contributed by atoms with Crippen LogP contribution in [-0.2, 0) is 10.0 Å². The first kappa shape index (κ1) is 13.8. The Bertz CT molecular complexity index is 608. The number of likely N-dealkylation sites (N-methyl/N-ethyl adjacent to an activating group) is 1. The third-order valence-corrected chi connectivity index (χ3v) is 4.74. The number of sulfonamides is 1. The largest absolute Gasteiger partial charge is 0.355 e. The molecule has 0 saturated carbocycles. The summed E-state index contributed by atoms with van der Waals surface area (Å²) in [4.78, 5) is 6.24. The topological polar surface area (TPSA) is 77.3 Å². The Labute approximate surface area is 113 Å². The summed E-state index contributed by atoms with van der Waals surface area (Å²) in [5, 5.41) is 8.87. The first-order chi connectivity index (χ1) is 8.91. The van der Waals surface area contributed by atoms with E-state index in [-0.39, 0.29) is 6.04 Å². The van der Waals surface area contributed by atoms with Crippen LogP contribution in [0.1, 0.15) is 12.0 Å². The van der Waals surface area contributed by atoms with E-state index in [9.17, 15) is 8.42 Å². The van der Waals surface area contributed by atoms with Gasteiger partial charge in [0.2, 0.25) is 10.0 Å². The third kappa shape index (κ3) is 3.03. The van der Waals surface area contributed by atoms with Crippen molar-refractivity contribution in [1.82, 2.24) is 9.29 Å². The monoisotopic (exact) mass is 280 g/mol. The maximum Gasteiger partial charge on any atom is 0.211 e.